The van der Waals surface area contributed by atoms with Crippen molar-refractivity contribution >= 4 is 5.71 Å². The molecule has 0 saturated heterocycles. The van der Waals surface area contributed by atoms with E-state index in [0.717, 1.165) is 35.7 Å². The predicted molar refractivity (Wildman–Crippen MR) is 84.9 cm³/mol. The van der Waals surface area contributed by atoms with E-state index in [2.05, 4.69) is 25.1 Å². The van der Waals surface area contributed by atoms with Crippen LogP contribution in [0.2, 0.25) is 0 Å². The van der Waals surface area contributed by atoms with Gasteiger partial charge in [0.15, 0.2) is 11.5 Å². The third kappa shape index (κ3) is 2.51. The molecule has 3 rings (SSSR count). The largest absolute Gasteiger partial charge is 0.493 e. The van der Waals surface area contributed by atoms with E-state index in [0.29, 0.717) is 0 Å². The van der Waals surface area contributed by atoms with Crippen molar-refractivity contribution in [2.75, 3.05) is 20.8 Å². The lowest BCUT2D eigenvalue weighted by molar-refractivity contribution is 0.355. The first-order valence-electron chi connectivity index (χ1n) is 7.09. The molecular weight excluding hydrogens is 262 g/mol. The Morgan fingerprint density at radius 3 is 2.52 bits per heavy atom. The number of benzene rings is 2. The van der Waals surface area contributed by atoms with E-state index in [1.54, 1.807) is 14.2 Å². The first-order chi connectivity index (χ1) is 10.2. The number of rotatable bonds is 3. The lowest BCUT2D eigenvalue weighted by atomic mass is 9.92. The quantitative estimate of drug-likeness (QED) is 0.863. The fourth-order valence-electron chi connectivity index (χ4n) is 2.76. The van der Waals surface area contributed by atoms with Crippen molar-refractivity contribution in [1.82, 2.24) is 0 Å². The lowest BCUT2D eigenvalue weighted by Gasteiger charge is -2.18. The van der Waals surface area contributed by atoms with Gasteiger partial charge in [-0.1, -0.05) is 23.8 Å². The summed E-state index contributed by atoms with van der Waals surface area (Å²) < 4.78 is 10.7. The second-order valence-electron chi connectivity index (χ2n) is 5.21. The first-order valence-corrected chi connectivity index (χ1v) is 7.09. The Kier molecular flexibility index (Phi) is 3.65. The monoisotopic (exact) mass is 281 g/mol. The number of aliphatic imine (C=N–C) groups is 1. The van der Waals surface area contributed by atoms with Crippen molar-refractivity contribution in [2.24, 2.45) is 4.99 Å². The second-order valence-corrected chi connectivity index (χ2v) is 5.21. The molecule has 108 valence electrons. The van der Waals surface area contributed by atoms with E-state index in [1.165, 1.54) is 16.7 Å². The van der Waals surface area contributed by atoms with Gasteiger partial charge in [0.2, 0.25) is 0 Å². The van der Waals surface area contributed by atoms with Gasteiger partial charge in [0, 0.05) is 17.7 Å². The summed E-state index contributed by atoms with van der Waals surface area (Å²) in [6.45, 7) is 2.96. The third-order valence-electron chi connectivity index (χ3n) is 3.82. The van der Waals surface area contributed by atoms with Crippen molar-refractivity contribution in [3.05, 3.63) is 58.7 Å². The smallest absolute Gasteiger partial charge is 0.161 e. The lowest BCUT2D eigenvalue weighted by Crippen LogP contribution is -2.14. The normalized spacial score (nSPS) is 13.4. The molecule has 1 heterocycles. The molecular formula is C18H19NO2. The van der Waals surface area contributed by atoms with Crippen molar-refractivity contribution in [2.45, 2.75) is 13.3 Å². The average Bonchev–Trinajstić information content (AvgIpc) is 2.53. The van der Waals surface area contributed by atoms with Crippen LogP contribution in [0.5, 0.6) is 11.5 Å². The maximum absolute atomic E-state index is 5.39. The van der Waals surface area contributed by atoms with Gasteiger partial charge in [-0.15, -0.1) is 0 Å². The van der Waals surface area contributed by atoms with Crippen LogP contribution in [-0.2, 0) is 6.42 Å². The van der Waals surface area contributed by atoms with Gasteiger partial charge in [0.25, 0.3) is 0 Å². The molecule has 21 heavy (non-hydrogen) atoms. The number of fused-ring (bicyclic) bond motifs is 1. The van der Waals surface area contributed by atoms with Gasteiger partial charge in [-0.25, -0.2) is 0 Å². The Balaban J connectivity index is 2.07. The van der Waals surface area contributed by atoms with Crippen LogP contribution in [-0.4, -0.2) is 26.5 Å². The summed E-state index contributed by atoms with van der Waals surface area (Å²) in [7, 11) is 3.30. The fraction of sp³-hybridized carbons (Fsp3) is 0.278. The molecule has 1 aliphatic rings. The molecule has 0 amide bonds. The van der Waals surface area contributed by atoms with Crippen LogP contribution < -0.4 is 9.47 Å². The van der Waals surface area contributed by atoms with Crippen LogP contribution in [0.25, 0.3) is 0 Å². The molecule has 0 fully saturated rings. The molecule has 0 N–H and O–H groups in total. The van der Waals surface area contributed by atoms with Gasteiger partial charge in [0.05, 0.1) is 19.9 Å². The Labute approximate surface area is 125 Å². The molecule has 0 unspecified atom stereocenters. The predicted octanol–water partition coefficient (Wildman–Crippen LogP) is 3.41. The molecule has 0 aromatic heterocycles. The summed E-state index contributed by atoms with van der Waals surface area (Å²) in [5.74, 6) is 1.47. The topological polar surface area (TPSA) is 30.8 Å². The minimum Gasteiger partial charge on any atom is -0.493 e. The molecule has 2 aromatic rings. The molecule has 0 saturated carbocycles. The fourth-order valence-corrected chi connectivity index (χ4v) is 2.76. The summed E-state index contributed by atoms with van der Waals surface area (Å²) in [5, 5.41) is 0. The number of aryl methyl sites for hydroxylation is 1. The first kappa shape index (κ1) is 13.7. The maximum atomic E-state index is 5.39. The van der Waals surface area contributed by atoms with E-state index in [-0.39, 0.29) is 0 Å². The SMILES string of the molecule is COc1ccc(C2=NCCc3cc(C)ccc32)cc1OC. The number of ether oxygens (including phenoxy) is 2. The Morgan fingerprint density at radius 2 is 1.76 bits per heavy atom. The zero-order valence-electron chi connectivity index (χ0n) is 12.6. The van der Waals surface area contributed by atoms with E-state index in [1.807, 2.05) is 18.2 Å². The van der Waals surface area contributed by atoms with Crippen LogP contribution in [0.15, 0.2) is 41.4 Å². The Bertz CT molecular complexity index is 704. The molecule has 3 heteroatoms. The maximum Gasteiger partial charge on any atom is 0.161 e. The van der Waals surface area contributed by atoms with E-state index >= 15 is 0 Å². The van der Waals surface area contributed by atoms with Crippen LogP contribution >= 0.6 is 0 Å². The molecule has 0 atom stereocenters. The standard InChI is InChI=1S/C18H19NO2/c1-12-4-6-15-13(10-12)8-9-19-18(15)14-5-7-16(20-2)17(11-14)21-3/h4-7,10-11H,8-9H2,1-3H3. The molecule has 1 aliphatic heterocycles. The number of hydrogen-bond donors (Lipinski definition) is 0. The molecule has 2 aromatic carbocycles. The molecule has 3 nitrogen and oxygen atoms in total. The van der Waals surface area contributed by atoms with Crippen LogP contribution in [0.1, 0.15) is 22.3 Å². The molecule has 0 bridgehead atoms. The van der Waals surface area contributed by atoms with Crippen molar-refractivity contribution in [1.29, 1.82) is 0 Å². The minimum absolute atomic E-state index is 0.733. The van der Waals surface area contributed by atoms with E-state index in [9.17, 15) is 0 Å². The molecule has 0 spiro atoms. The van der Waals surface area contributed by atoms with Crippen molar-refractivity contribution in [3.63, 3.8) is 0 Å². The number of methoxy groups -OCH3 is 2. The van der Waals surface area contributed by atoms with E-state index in [4.69, 9.17) is 14.5 Å². The summed E-state index contributed by atoms with van der Waals surface area (Å²) in [6, 6.07) is 12.5. The zero-order chi connectivity index (χ0) is 14.8. The van der Waals surface area contributed by atoms with Gasteiger partial charge < -0.3 is 9.47 Å². The zero-order valence-corrected chi connectivity index (χ0v) is 12.6. The van der Waals surface area contributed by atoms with Crippen molar-refractivity contribution < 1.29 is 9.47 Å². The average molecular weight is 281 g/mol. The van der Waals surface area contributed by atoms with E-state index < -0.39 is 0 Å². The van der Waals surface area contributed by atoms with Gasteiger partial charge in [-0.3, -0.25) is 4.99 Å². The third-order valence-corrected chi connectivity index (χ3v) is 3.82. The highest BCUT2D eigenvalue weighted by Crippen LogP contribution is 2.30. The number of hydrogen-bond acceptors (Lipinski definition) is 3. The highest BCUT2D eigenvalue weighted by molar-refractivity contribution is 6.14. The summed E-state index contributed by atoms with van der Waals surface area (Å²) in [5.41, 5.74) is 5.99. The minimum atomic E-state index is 0.733. The van der Waals surface area contributed by atoms with Crippen molar-refractivity contribution in [3.8, 4) is 11.5 Å². The van der Waals surface area contributed by atoms with Gasteiger partial charge >= 0.3 is 0 Å². The summed E-state index contributed by atoms with van der Waals surface area (Å²) >= 11 is 0. The Morgan fingerprint density at radius 1 is 0.952 bits per heavy atom. The highest BCUT2D eigenvalue weighted by atomic mass is 16.5. The Hall–Kier alpha value is -2.29. The van der Waals surface area contributed by atoms with Gasteiger partial charge in [-0.2, -0.15) is 0 Å². The van der Waals surface area contributed by atoms with Crippen LogP contribution in [0.4, 0.5) is 0 Å². The van der Waals surface area contributed by atoms with Crippen LogP contribution in [0, 0.1) is 6.92 Å². The molecule has 0 radical (unpaired) electrons. The highest BCUT2D eigenvalue weighted by Gasteiger charge is 2.17. The van der Waals surface area contributed by atoms with Gasteiger partial charge in [0.1, 0.15) is 0 Å². The van der Waals surface area contributed by atoms with Crippen LogP contribution in [0.3, 0.4) is 0 Å². The second kappa shape index (κ2) is 5.60. The number of nitrogens with zero attached hydrogens (tertiary/aromatic N) is 1. The molecule has 0 aliphatic carbocycles. The summed E-state index contributed by atoms with van der Waals surface area (Å²) in [4.78, 5) is 4.72. The summed E-state index contributed by atoms with van der Waals surface area (Å²) in [6.07, 6.45) is 1.01. The van der Waals surface area contributed by atoms with Gasteiger partial charge in [-0.05, 0) is 37.1 Å².